The Kier molecular flexibility index (Phi) is 11.8. The Bertz CT molecular complexity index is 2240. The summed E-state index contributed by atoms with van der Waals surface area (Å²) in [7, 11) is 0. The monoisotopic (exact) mass is 975 g/mol. The molecular weight excluding hydrogens is 938 g/mol. The van der Waals surface area contributed by atoms with Gasteiger partial charge in [0.2, 0.25) is 0 Å². The number of nitrogens with zero attached hydrogens (tertiary/aromatic N) is 3. The zero-order chi connectivity index (χ0) is 39.0. The van der Waals surface area contributed by atoms with Crippen molar-refractivity contribution in [3.8, 4) is 0 Å². The van der Waals surface area contributed by atoms with E-state index in [0.717, 1.165) is 69.1 Å². The minimum atomic E-state index is 0.944. The van der Waals surface area contributed by atoms with Gasteiger partial charge in [0.1, 0.15) is 0 Å². The quantitative estimate of drug-likeness (QED) is 0.143. The lowest BCUT2D eigenvalue weighted by molar-refractivity contribution is 1.20. The Balaban J connectivity index is 1.49. The molecule has 3 nitrogen and oxygen atoms in total. The number of hydrogen-bond donors (Lipinski definition) is 0. The third-order valence-electron chi connectivity index (χ3n) is 9.91. The molecular formula is C48H41Br4N3. The van der Waals surface area contributed by atoms with Gasteiger partial charge in [-0.3, -0.25) is 0 Å². The van der Waals surface area contributed by atoms with E-state index in [1.807, 2.05) is 0 Å². The van der Waals surface area contributed by atoms with Crippen LogP contribution in [0.5, 0.6) is 0 Å². The molecule has 0 amide bonds. The molecule has 0 saturated carbocycles. The van der Waals surface area contributed by atoms with Crippen molar-refractivity contribution in [2.24, 2.45) is 0 Å². The molecule has 0 fully saturated rings. The summed E-state index contributed by atoms with van der Waals surface area (Å²) < 4.78 is 3.81. The Hall–Kier alpha value is -4.14. The van der Waals surface area contributed by atoms with Crippen molar-refractivity contribution in [2.75, 3.05) is 14.7 Å². The van der Waals surface area contributed by atoms with Crippen LogP contribution in [-0.4, -0.2) is 0 Å². The van der Waals surface area contributed by atoms with Gasteiger partial charge in [0.15, 0.2) is 0 Å². The van der Waals surface area contributed by atoms with Crippen molar-refractivity contribution >= 4 is 115 Å². The minimum absolute atomic E-state index is 0.944. The SMILES string of the molecule is Cc1ccc(N(c2ccc(C)cc2)c2cc(N(c3ccc(C)c(C)c3)c3cc(N(c4ccc(C)cc4)c4ccc(C)cc4)c(Br)cc3Br)c(Br)cc2Br)cc1. The lowest BCUT2D eigenvalue weighted by Crippen LogP contribution is -2.16. The fraction of sp³-hybridized carbons (Fsp3) is 0.125. The molecule has 0 aliphatic rings. The van der Waals surface area contributed by atoms with Gasteiger partial charge in [-0.05, 0) is 201 Å². The van der Waals surface area contributed by atoms with Crippen molar-refractivity contribution < 1.29 is 0 Å². The van der Waals surface area contributed by atoms with Crippen LogP contribution >= 0.6 is 63.7 Å². The first-order valence-electron chi connectivity index (χ1n) is 18.1. The standard InChI is InChI=1S/C48H41Br4N3/c1-30-7-16-36(17-8-30)53(37-18-9-31(2)10-19-37)45-28-47(43(51)26-41(45)49)55(40-24-15-34(5)35(6)25-40)48-29-46(42(50)27-44(48)52)54(38-20-11-32(3)12-21-38)39-22-13-33(4)14-23-39/h7-29H,1-6H3. The summed E-state index contributed by atoms with van der Waals surface area (Å²) in [5, 5.41) is 0. The second-order valence-corrected chi connectivity index (χ2v) is 17.5. The summed E-state index contributed by atoms with van der Waals surface area (Å²) in [4.78, 5) is 6.98. The van der Waals surface area contributed by atoms with Gasteiger partial charge in [0, 0.05) is 46.3 Å². The number of anilines is 9. The molecule has 0 aliphatic heterocycles. The molecule has 0 bridgehead atoms. The van der Waals surface area contributed by atoms with Crippen molar-refractivity contribution in [2.45, 2.75) is 41.5 Å². The molecule has 7 aromatic carbocycles. The molecule has 276 valence electrons. The Morgan fingerprint density at radius 1 is 0.273 bits per heavy atom. The van der Waals surface area contributed by atoms with Gasteiger partial charge < -0.3 is 14.7 Å². The first-order chi connectivity index (χ1) is 26.4. The van der Waals surface area contributed by atoms with E-state index in [4.69, 9.17) is 0 Å². The van der Waals surface area contributed by atoms with Gasteiger partial charge in [-0.2, -0.15) is 0 Å². The van der Waals surface area contributed by atoms with Crippen LogP contribution < -0.4 is 14.7 Å². The third kappa shape index (κ3) is 8.36. The van der Waals surface area contributed by atoms with Gasteiger partial charge in [-0.1, -0.05) is 76.9 Å². The highest BCUT2D eigenvalue weighted by molar-refractivity contribution is 9.11. The molecule has 0 atom stereocenters. The van der Waals surface area contributed by atoms with Crippen LogP contribution in [0.1, 0.15) is 33.4 Å². The summed E-state index contributed by atoms with van der Waals surface area (Å²) in [5.74, 6) is 0. The highest BCUT2D eigenvalue weighted by atomic mass is 79.9. The Morgan fingerprint density at radius 3 is 0.836 bits per heavy atom. The highest BCUT2D eigenvalue weighted by Gasteiger charge is 2.26. The summed E-state index contributed by atoms with van der Waals surface area (Å²) in [6.07, 6.45) is 0. The zero-order valence-electron chi connectivity index (χ0n) is 31.6. The fourth-order valence-electron chi connectivity index (χ4n) is 6.64. The molecule has 0 N–H and O–H groups in total. The third-order valence-corrected chi connectivity index (χ3v) is 12.5. The second-order valence-electron chi connectivity index (χ2n) is 14.1. The fourth-order valence-corrected chi connectivity index (χ4v) is 9.34. The largest absolute Gasteiger partial charge is 0.309 e. The molecule has 0 spiro atoms. The summed E-state index contributed by atoms with van der Waals surface area (Å²) in [5.41, 5.74) is 16.6. The predicted octanol–water partition coefficient (Wildman–Crippen LogP) is 17.0. The van der Waals surface area contributed by atoms with E-state index in [1.54, 1.807) is 0 Å². The average Bonchev–Trinajstić information content (AvgIpc) is 3.16. The highest BCUT2D eigenvalue weighted by Crippen LogP contribution is 2.51. The molecule has 0 saturated heterocycles. The average molecular weight is 979 g/mol. The van der Waals surface area contributed by atoms with Crippen molar-refractivity contribution in [3.63, 3.8) is 0 Å². The van der Waals surface area contributed by atoms with Crippen molar-refractivity contribution in [3.05, 3.63) is 191 Å². The van der Waals surface area contributed by atoms with E-state index < -0.39 is 0 Å². The van der Waals surface area contributed by atoms with Crippen LogP contribution in [0.25, 0.3) is 0 Å². The molecule has 7 aromatic rings. The maximum Gasteiger partial charge on any atom is 0.0625 e. The number of aryl methyl sites for hydroxylation is 6. The lowest BCUT2D eigenvalue weighted by Gasteiger charge is -2.33. The summed E-state index contributed by atoms with van der Waals surface area (Å²) >= 11 is 16.1. The first kappa shape index (κ1) is 39.1. The first-order valence-corrected chi connectivity index (χ1v) is 21.3. The van der Waals surface area contributed by atoms with Crippen LogP contribution in [0.15, 0.2) is 157 Å². The Morgan fingerprint density at radius 2 is 0.545 bits per heavy atom. The second kappa shape index (κ2) is 16.5. The number of rotatable bonds is 9. The molecule has 0 radical (unpaired) electrons. The Labute approximate surface area is 359 Å². The molecule has 55 heavy (non-hydrogen) atoms. The zero-order valence-corrected chi connectivity index (χ0v) is 38.0. The predicted molar refractivity (Wildman–Crippen MR) is 250 cm³/mol. The van der Waals surface area contributed by atoms with Crippen LogP contribution in [-0.2, 0) is 0 Å². The summed E-state index contributed by atoms with van der Waals surface area (Å²) in [6, 6.07) is 50.4. The van der Waals surface area contributed by atoms with Crippen LogP contribution in [0.3, 0.4) is 0 Å². The van der Waals surface area contributed by atoms with E-state index in [-0.39, 0.29) is 0 Å². The van der Waals surface area contributed by atoms with Gasteiger partial charge >= 0.3 is 0 Å². The van der Waals surface area contributed by atoms with Gasteiger partial charge in [0.25, 0.3) is 0 Å². The maximum absolute atomic E-state index is 4.04. The molecule has 0 heterocycles. The van der Waals surface area contributed by atoms with E-state index in [9.17, 15) is 0 Å². The van der Waals surface area contributed by atoms with Crippen LogP contribution in [0.2, 0.25) is 0 Å². The van der Waals surface area contributed by atoms with E-state index in [0.29, 0.717) is 0 Å². The van der Waals surface area contributed by atoms with Crippen LogP contribution in [0.4, 0.5) is 51.2 Å². The van der Waals surface area contributed by atoms with Crippen molar-refractivity contribution in [1.29, 1.82) is 0 Å². The topological polar surface area (TPSA) is 9.72 Å². The van der Waals surface area contributed by atoms with Crippen LogP contribution in [0, 0.1) is 41.5 Å². The number of halogens is 4. The number of hydrogen-bond acceptors (Lipinski definition) is 3. The van der Waals surface area contributed by atoms with Gasteiger partial charge in [-0.15, -0.1) is 0 Å². The maximum atomic E-state index is 4.04. The number of benzene rings is 7. The molecule has 0 aromatic heterocycles. The molecule has 7 rings (SSSR count). The van der Waals surface area contributed by atoms with Gasteiger partial charge in [-0.25, -0.2) is 0 Å². The molecule has 0 aliphatic carbocycles. The van der Waals surface area contributed by atoms with E-state index in [1.165, 1.54) is 33.4 Å². The molecule has 7 heteroatoms. The smallest absolute Gasteiger partial charge is 0.0625 e. The van der Waals surface area contributed by atoms with E-state index in [2.05, 4.69) is 259 Å². The van der Waals surface area contributed by atoms with Crippen molar-refractivity contribution in [1.82, 2.24) is 0 Å². The normalized spacial score (nSPS) is 11.1. The van der Waals surface area contributed by atoms with E-state index >= 15 is 0 Å². The molecule has 0 unspecified atom stereocenters. The minimum Gasteiger partial charge on any atom is -0.309 e. The summed E-state index contributed by atoms with van der Waals surface area (Å²) in [6.45, 7) is 12.8. The lowest BCUT2D eigenvalue weighted by atomic mass is 10.1. The van der Waals surface area contributed by atoms with Gasteiger partial charge in [0.05, 0.1) is 22.7 Å².